The number of nitrogens with one attached hydrogen (secondary N) is 1. The predicted octanol–water partition coefficient (Wildman–Crippen LogP) is -2.71. The predicted molar refractivity (Wildman–Crippen MR) is 59.9 cm³/mol. The maximum Gasteiger partial charge on any atom is 1.00 e. The number of methoxy groups -OCH3 is 1. The summed E-state index contributed by atoms with van der Waals surface area (Å²) in [5.41, 5.74) is 0.286. The molecule has 0 fully saturated rings. The minimum atomic E-state index is -0.929. The molecule has 6 nitrogen and oxygen atoms in total. The number of benzene rings is 1. The molecule has 0 aliphatic heterocycles. The fourth-order valence-corrected chi connectivity index (χ4v) is 1.11. The summed E-state index contributed by atoms with van der Waals surface area (Å²) in [7, 11) is 1.10. The molecule has 1 amide bonds. The first-order valence-corrected chi connectivity index (χ1v) is 5.05. The SMILES string of the molecule is COC(=O)C(=C[O-])NC(=O)OCc1ccccc1.[Na+]. The van der Waals surface area contributed by atoms with Gasteiger partial charge in [-0.25, -0.2) is 9.59 Å². The summed E-state index contributed by atoms with van der Waals surface area (Å²) in [6, 6.07) is 8.98. The molecule has 0 unspecified atom stereocenters. The minimum Gasteiger partial charge on any atom is -0.876 e. The number of carbonyl (C=O) groups excluding carboxylic acids is 2. The van der Waals surface area contributed by atoms with Crippen molar-refractivity contribution in [2.75, 3.05) is 7.11 Å². The fraction of sp³-hybridized carbons (Fsp3) is 0.167. The van der Waals surface area contributed by atoms with E-state index in [1.165, 1.54) is 0 Å². The molecule has 0 bridgehead atoms. The van der Waals surface area contributed by atoms with Crippen molar-refractivity contribution in [1.82, 2.24) is 5.32 Å². The molecule has 0 radical (unpaired) electrons. The quantitative estimate of drug-likeness (QED) is 0.279. The summed E-state index contributed by atoms with van der Waals surface area (Å²) in [4.78, 5) is 22.3. The normalized spacial score (nSPS) is 10.1. The summed E-state index contributed by atoms with van der Waals surface area (Å²) in [6.07, 6.45) is -0.707. The molecule has 0 heterocycles. The third-order valence-electron chi connectivity index (χ3n) is 1.97. The zero-order valence-corrected chi connectivity index (χ0v) is 12.7. The number of hydrogen-bond donors (Lipinski definition) is 1. The summed E-state index contributed by atoms with van der Waals surface area (Å²) >= 11 is 0. The Kier molecular flexibility index (Phi) is 8.69. The van der Waals surface area contributed by atoms with E-state index in [2.05, 4.69) is 4.74 Å². The number of ether oxygens (including phenoxy) is 2. The van der Waals surface area contributed by atoms with Gasteiger partial charge in [-0.15, -0.1) is 6.26 Å². The van der Waals surface area contributed by atoms with Crippen LogP contribution in [0.25, 0.3) is 0 Å². The first-order valence-electron chi connectivity index (χ1n) is 5.05. The Morgan fingerprint density at radius 3 is 2.47 bits per heavy atom. The van der Waals surface area contributed by atoms with Crippen molar-refractivity contribution in [3.05, 3.63) is 47.9 Å². The number of amides is 1. The first kappa shape index (κ1) is 17.5. The van der Waals surface area contributed by atoms with Gasteiger partial charge in [-0.3, -0.25) is 5.32 Å². The summed E-state index contributed by atoms with van der Waals surface area (Å²) in [5, 5.41) is 12.5. The summed E-state index contributed by atoms with van der Waals surface area (Å²) in [5.74, 6) is -0.929. The van der Waals surface area contributed by atoms with Crippen LogP contribution in [0.15, 0.2) is 42.3 Å². The van der Waals surface area contributed by atoms with Gasteiger partial charge >= 0.3 is 41.6 Å². The van der Waals surface area contributed by atoms with Crippen molar-refractivity contribution in [3.8, 4) is 0 Å². The number of rotatable bonds is 4. The van der Waals surface area contributed by atoms with Crippen LogP contribution >= 0.6 is 0 Å². The number of esters is 1. The second kappa shape index (κ2) is 9.43. The Morgan fingerprint density at radius 2 is 1.95 bits per heavy atom. The van der Waals surface area contributed by atoms with E-state index >= 15 is 0 Å². The van der Waals surface area contributed by atoms with E-state index in [1.807, 2.05) is 11.4 Å². The molecule has 0 atom stereocenters. The zero-order chi connectivity index (χ0) is 13.4. The molecule has 0 saturated heterocycles. The molecule has 0 aliphatic carbocycles. The van der Waals surface area contributed by atoms with Crippen LogP contribution in [-0.2, 0) is 20.9 Å². The Morgan fingerprint density at radius 1 is 1.32 bits per heavy atom. The van der Waals surface area contributed by atoms with E-state index in [4.69, 9.17) is 4.74 Å². The van der Waals surface area contributed by atoms with Crippen LogP contribution in [0.5, 0.6) is 0 Å². The van der Waals surface area contributed by atoms with Gasteiger partial charge in [-0.05, 0) is 5.56 Å². The van der Waals surface area contributed by atoms with Crippen LogP contribution in [0, 0.1) is 0 Å². The van der Waals surface area contributed by atoms with Crippen molar-refractivity contribution in [2.45, 2.75) is 6.61 Å². The first-order chi connectivity index (χ1) is 8.67. The average Bonchev–Trinajstić information content (AvgIpc) is 2.42. The molecule has 0 aromatic heterocycles. The van der Waals surface area contributed by atoms with Gasteiger partial charge in [0.15, 0.2) is 0 Å². The summed E-state index contributed by atoms with van der Waals surface area (Å²) < 4.78 is 9.11. The van der Waals surface area contributed by atoms with Gasteiger partial charge in [0.1, 0.15) is 12.3 Å². The van der Waals surface area contributed by atoms with E-state index in [0.29, 0.717) is 0 Å². The molecule has 1 aromatic carbocycles. The van der Waals surface area contributed by atoms with Gasteiger partial charge in [0.2, 0.25) is 0 Å². The molecule has 0 saturated carbocycles. The number of alkyl carbamates (subject to hydrolysis) is 1. The van der Waals surface area contributed by atoms with E-state index < -0.39 is 17.8 Å². The molecule has 19 heavy (non-hydrogen) atoms. The van der Waals surface area contributed by atoms with Gasteiger partial charge in [0.25, 0.3) is 0 Å². The molecule has 0 aliphatic rings. The van der Waals surface area contributed by atoms with E-state index in [0.717, 1.165) is 12.7 Å². The van der Waals surface area contributed by atoms with Crippen molar-refractivity contribution < 1.29 is 53.7 Å². The Hall–Kier alpha value is -1.50. The third kappa shape index (κ3) is 6.28. The Labute approximate surface area is 132 Å². The maximum absolute atomic E-state index is 11.3. The van der Waals surface area contributed by atoms with Crippen LogP contribution in [0.2, 0.25) is 0 Å². The van der Waals surface area contributed by atoms with Crippen molar-refractivity contribution in [1.29, 1.82) is 0 Å². The van der Waals surface area contributed by atoms with Gasteiger partial charge in [-0.2, -0.15) is 0 Å². The molecular formula is C12H12NNaO5. The van der Waals surface area contributed by atoms with Crippen molar-refractivity contribution >= 4 is 12.1 Å². The standard InChI is InChI=1S/C12H13NO5.Na/c1-17-11(15)10(7-14)13-12(16)18-8-9-5-3-2-4-6-9;/h2-7,14H,8H2,1H3,(H,13,16);/q;+1/p-1. The molecular weight excluding hydrogens is 261 g/mol. The van der Waals surface area contributed by atoms with Crippen molar-refractivity contribution in [2.24, 2.45) is 0 Å². The second-order valence-electron chi connectivity index (χ2n) is 3.21. The van der Waals surface area contributed by atoms with Gasteiger partial charge in [0.05, 0.1) is 7.11 Å². The largest absolute Gasteiger partial charge is 1.00 e. The van der Waals surface area contributed by atoms with E-state index in [-0.39, 0.29) is 42.4 Å². The number of hydrogen-bond acceptors (Lipinski definition) is 5. The van der Waals surface area contributed by atoms with Crippen LogP contribution in [0.3, 0.4) is 0 Å². The summed E-state index contributed by atoms with van der Waals surface area (Å²) in [6.45, 7) is 0.0416. The smallest absolute Gasteiger partial charge is 0.876 e. The van der Waals surface area contributed by atoms with Crippen LogP contribution in [0.1, 0.15) is 5.56 Å². The van der Waals surface area contributed by atoms with Crippen LogP contribution in [0.4, 0.5) is 4.79 Å². The zero-order valence-electron chi connectivity index (χ0n) is 10.7. The van der Waals surface area contributed by atoms with Gasteiger partial charge in [-0.1, -0.05) is 30.3 Å². The third-order valence-corrected chi connectivity index (χ3v) is 1.97. The fourth-order valence-electron chi connectivity index (χ4n) is 1.11. The molecule has 1 N–H and O–H groups in total. The number of carbonyl (C=O) groups is 2. The van der Waals surface area contributed by atoms with Crippen LogP contribution < -0.4 is 40.0 Å². The van der Waals surface area contributed by atoms with Gasteiger partial charge in [0, 0.05) is 0 Å². The van der Waals surface area contributed by atoms with E-state index in [9.17, 15) is 14.7 Å². The maximum atomic E-state index is 11.3. The molecule has 7 heteroatoms. The van der Waals surface area contributed by atoms with Crippen molar-refractivity contribution in [3.63, 3.8) is 0 Å². The van der Waals surface area contributed by atoms with Crippen LogP contribution in [-0.4, -0.2) is 19.2 Å². The van der Waals surface area contributed by atoms with E-state index in [1.54, 1.807) is 24.3 Å². The molecule has 96 valence electrons. The minimum absolute atomic E-state index is 0. The Bertz CT molecular complexity index is 447. The molecule has 1 aromatic rings. The molecule has 1 rings (SSSR count). The molecule has 0 spiro atoms. The average molecular weight is 273 g/mol. The topological polar surface area (TPSA) is 87.7 Å². The monoisotopic (exact) mass is 273 g/mol. The second-order valence-corrected chi connectivity index (χ2v) is 3.21. The Balaban J connectivity index is 0.00000324. The van der Waals surface area contributed by atoms with Gasteiger partial charge < -0.3 is 14.6 Å².